The summed E-state index contributed by atoms with van der Waals surface area (Å²) in [5, 5.41) is 2.61. The van der Waals surface area contributed by atoms with Crippen molar-refractivity contribution >= 4 is 33.2 Å². The number of carbonyl (C=O) groups is 1. The molecule has 1 heterocycles. The van der Waals surface area contributed by atoms with Crippen molar-refractivity contribution < 1.29 is 17.9 Å². The quantitative estimate of drug-likeness (QED) is 0.605. The number of halogens is 1. The molecule has 4 rings (SSSR count). The molecule has 0 unspecified atom stereocenters. The van der Waals surface area contributed by atoms with Gasteiger partial charge in [-0.05, 0) is 23.6 Å². The molecule has 3 aromatic carbocycles. The van der Waals surface area contributed by atoms with Gasteiger partial charge in [0.25, 0.3) is 5.91 Å². The summed E-state index contributed by atoms with van der Waals surface area (Å²) in [4.78, 5) is 11.4. The normalized spacial score (nSPS) is 14.4. The van der Waals surface area contributed by atoms with Crippen LogP contribution in [0, 0.1) is 0 Å². The van der Waals surface area contributed by atoms with Crippen molar-refractivity contribution in [3.8, 4) is 5.75 Å². The predicted molar refractivity (Wildman–Crippen MR) is 115 cm³/mol. The van der Waals surface area contributed by atoms with Gasteiger partial charge in [0, 0.05) is 6.07 Å². The molecule has 0 saturated heterocycles. The molecule has 6 nitrogen and oxygen atoms in total. The van der Waals surface area contributed by atoms with Crippen LogP contribution in [0.1, 0.15) is 17.2 Å². The zero-order chi connectivity index (χ0) is 21.1. The van der Waals surface area contributed by atoms with E-state index in [0.29, 0.717) is 12.1 Å². The molecular weight excluding hydrogens is 424 g/mol. The smallest absolute Gasteiger partial charge is 0.262 e. The molecule has 0 bridgehead atoms. The van der Waals surface area contributed by atoms with Crippen LogP contribution >= 0.6 is 11.6 Å². The van der Waals surface area contributed by atoms with Crippen LogP contribution < -0.4 is 14.8 Å². The molecule has 0 radical (unpaired) electrons. The number of amides is 1. The fraction of sp³-hybridized carbons (Fsp3) is 0.136. The van der Waals surface area contributed by atoms with E-state index in [9.17, 15) is 13.2 Å². The Balaban J connectivity index is 1.68. The minimum atomic E-state index is -3.98. The molecule has 0 fully saturated rings. The second-order valence-corrected chi connectivity index (χ2v) is 8.98. The van der Waals surface area contributed by atoms with Crippen LogP contribution in [-0.4, -0.2) is 20.9 Å². The van der Waals surface area contributed by atoms with Crippen molar-refractivity contribution in [3.05, 3.63) is 88.9 Å². The monoisotopic (exact) mass is 442 g/mol. The first-order valence-corrected chi connectivity index (χ1v) is 11.2. The summed E-state index contributed by atoms with van der Waals surface area (Å²) < 4.78 is 34.6. The number of anilines is 1. The molecular formula is C22H19ClN2O4S. The number of rotatable bonds is 6. The molecule has 1 aliphatic rings. The highest BCUT2D eigenvalue weighted by molar-refractivity contribution is 7.89. The van der Waals surface area contributed by atoms with Crippen LogP contribution in [0.2, 0.25) is 5.02 Å². The maximum absolute atomic E-state index is 13.2. The Morgan fingerprint density at radius 3 is 2.40 bits per heavy atom. The summed E-state index contributed by atoms with van der Waals surface area (Å²) in [6.07, 6.45) is 0.471. The zero-order valence-corrected chi connectivity index (χ0v) is 17.4. The van der Waals surface area contributed by atoms with Gasteiger partial charge in [-0.25, -0.2) is 13.1 Å². The second kappa shape index (κ2) is 8.47. The Morgan fingerprint density at radius 2 is 1.70 bits per heavy atom. The topological polar surface area (TPSA) is 84.5 Å². The zero-order valence-electron chi connectivity index (χ0n) is 15.8. The van der Waals surface area contributed by atoms with Gasteiger partial charge >= 0.3 is 0 Å². The van der Waals surface area contributed by atoms with E-state index in [1.165, 1.54) is 12.1 Å². The van der Waals surface area contributed by atoms with E-state index in [1.54, 1.807) is 0 Å². The Kier molecular flexibility index (Phi) is 5.76. The molecule has 3 aromatic rings. The van der Waals surface area contributed by atoms with Crippen LogP contribution in [0.25, 0.3) is 0 Å². The fourth-order valence-electron chi connectivity index (χ4n) is 3.30. The van der Waals surface area contributed by atoms with E-state index in [-0.39, 0.29) is 28.2 Å². The van der Waals surface area contributed by atoms with Gasteiger partial charge in [-0.15, -0.1) is 0 Å². The Labute approximate surface area is 179 Å². The highest BCUT2D eigenvalue weighted by atomic mass is 35.5. The number of nitrogens with one attached hydrogen (secondary N) is 2. The summed E-state index contributed by atoms with van der Waals surface area (Å²) in [7, 11) is -3.98. The lowest BCUT2D eigenvalue weighted by molar-refractivity contribution is -0.118. The van der Waals surface area contributed by atoms with E-state index in [4.69, 9.17) is 16.3 Å². The van der Waals surface area contributed by atoms with Crippen LogP contribution in [0.15, 0.2) is 77.7 Å². The molecule has 2 N–H and O–H groups in total. The Morgan fingerprint density at radius 1 is 1.03 bits per heavy atom. The number of fused-ring (bicyclic) bond motifs is 1. The molecule has 1 amide bonds. The van der Waals surface area contributed by atoms with Crippen LogP contribution in [-0.2, 0) is 21.2 Å². The first-order chi connectivity index (χ1) is 14.4. The SMILES string of the molecule is O=C1COc2cc(S(=O)(=O)N[C@@H](Cc3ccccc3)c3ccccc3)c(Cl)cc2N1. The molecule has 8 heteroatoms. The number of hydrogen-bond donors (Lipinski definition) is 2. The predicted octanol–water partition coefficient (Wildman–Crippen LogP) is 3.93. The number of ether oxygens (including phenoxy) is 1. The Hall–Kier alpha value is -2.87. The van der Waals surface area contributed by atoms with Gasteiger partial charge in [-0.2, -0.15) is 0 Å². The van der Waals surface area contributed by atoms with Crippen molar-refractivity contribution in [1.82, 2.24) is 4.72 Å². The second-order valence-electron chi connectivity index (χ2n) is 6.89. The number of hydrogen-bond acceptors (Lipinski definition) is 4. The van der Waals surface area contributed by atoms with Crippen LogP contribution in [0.3, 0.4) is 0 Å². The van der Waals surface area contributed by atoms with Crippen LogP contribution in [0.4, 0.5) is 5.69 Å². The molecule has 0 aliphatic carbocycles. The summed E-state index contributed by atoms with van der Waals surface area (Å²) in [5.41, 5.74) is 2.18. The van der Waals surface area contributed by atoms with Crippen molar-refractivity contribution in [3.63, 3.8) is 0 Å². The number of benzene rings is 3. The molecule has 0 spiro atoms. The number of carbonyl (C=O) groups excluding carboxylic acids is 1. The van der Waals surface area contributed by atoms with Crippen molar-refractivity contribution in [2.24, 2.45) is 0 Å². The lowest BCUT2D eigenvalue weighted by Crippen LogP contribution is -2.31. The summed E-state index contributed by atoms with van der Waals surface area (Å²) in [6.45, 7) is -0.178. The summed E-state index contributed by atoms with van der Waals surface area (Å²) in [5.74, 6) is -0.0574. The third-order valence-electron chi connectivity index (χ3n) is 4.74. The molecule has 30 heavy (non-hydrogen) atoms. The van der Waals surface area contributed by atoms with E-state index in [2.05, 4.69) is 10.0 Å². The average Bonchev–Trinajstić information content (AvgIpc) is 2.74. The minimum absolute atomic E-state index is 0.00132. The lowest BCUT2D eigenvalue weighted by atomic mass is 10.00. The molecule has 0 aromatic heterocycles. The van der Waals surface area contributed by atoms with E-state index in [1.807, 2.05) is 60.7 Å². The maximum Gasteiger partial charge on any atom is 0.262 e. The third-order valence-corrected chi connectivity index (χ3v) is 6.67. The highest BCUT2D eigenvalue weighted by Crippen LogP contribution is 2.36. The third kappa shape index (κ3) is 4.48. The maximum atomic E-state index is 13.2. The van der Waals surface area contributed by atoms with Gasteiger partial charge in [0.2, 0.25) is 10.0 Å². The van der Waals surface area contributed by atoms with Crippen molar-refractivity contribution in [2.45, 2.75) is 17.4 Å². The van der Waals surface area contributed by atoms with Crippen LogP contribution in [0.5, 0.6) is 5.75 Å². The largest absolute Gasteiger partial charge is 0.482 e. The first-order valence-electron chi connectivity index (χ1n) is 9.30. The van der Waals surface area contributed by atoms with Gasteiger partial charge in [0.15, 0.2) is 6.61 Å². The standard InChI is InChI=1S/C22H19ClN2O4S/c23-17-12-19-20(29-14-22(26)24-19)13-21(17)30(27,28)25-18(16-9-5-2-6-10-16)11-15-7-3-1-4-8-15/h1-10,12-13,18,25H,11,14H2,(H,24,26)/t18-/m0/s1. The van der Waals surface area contributed by atoms with E-state index in [0.717, 1.165) is 11.1 Å². The van der Waals surface area contributed by atoms with E-state index < -0.39 is 16.1 Å². The molecule has 0 saturated carbocycles. The minimum Gasteiger partial charge on any atom is -0.482 e. The molecule has 154 valence electrons. The lowest BCUT2D eigenvalue weighted by Gasteiger charge is -2.22. The van der Waals surface area contributed by atoms with Gasteiger partial charge in [0.1, 0.15) is 10.6 Å². The summed E-state index contributed by atoms with van der Waals surface area (Å²) >= 11 is 6.26. The van der Waals surface area contributed by atoms with Gasteiger partial charge in [-0.1, -0.05) is 72.3 Å². The van der Waals surface area contributed by atoms with Crippen molar-refractivity contribution in [1.29, 1.82) is 0 Å². The van der Waals surface area contributed by atoms with E-state index >= 15 is 0 Å². The molecule has 1 aliphatic heterocycles. The average molecular weight is 443 g/mol. The van der Waals surface area contributed by atoms with Gasteiger partial charge in [0.05, 0.1) is 16.8 Å². The van der Waals surface area contributed by atoms with Gasteiger partial charge < -0.3 is 10.1 Å². The van der Waals surface area contributed by atoms with Crippen molar-refractivity contribution in [2.75, 3.05) is 11.9 Å². The summed E-state index contributed by atoms with van der Waals surface area (Å²) in [6, 6.07) is 21.2. The fourth-order valence-corrected chi connectivity index (χ4v) is 5.07. The highest BCUT2D eigenvalue weighted by Gasteiger charge is 2.27. The first kappa shape index (κ1) is 20.4. The molecule has 1 atom stereocenters. The number of sulfonamides is 1. The Bertz CT molecular complexity index is 1170. The van der Waals surface area contributed by atoms with Gasteiger partial charge in [-0.3, -0.25) is 4.79 Å².